The first kappa shape index (κ1) is 13.6. The predicted molar refractivity (Wildman–Crippen MR) is 64.2 cm³/mol. The number of likely N-dealkylation sites (N-methyl/N-ethyl adjacent to an activating group) is 1. The first-order valence-corrected chi connectivity index (χ1v) is 5.54. The smallest absolute Gasteiger partial charge is 0.238 e. The standard InChI is InChI=1S/C12H17FN2O2/c1-2-15(6-7-16)9-12(17)14-11-5-3-4-10(13)8-11/h3-5,8,16H,2,6-7,9H2,1H3,(H,14,17). The highest BCUT2D eigenvalue weighted by atomic mass is 19.1. The number of amides is 1. The SMILES string of the molecule is CCN(CCO)CC(=O)Nc1cccc(F)c1. The summed E-state index contributed by atoms with van der Waals surface area (Å²) >= 11 is 0. The minimum Gasteiger partial charge on any atom is -0.395 e. The Morgan fingerprint density at radius 1 is 1.53 bits per heavy atom. The number of nitrogens with zero attached hydrogens (tertiary/aromatic N) is 1. The third-order valence-corrected chi connectivity index (χ3v) is 2.34. The minimum absolute atomic E-state index is 0.0150. The Bertz CT molecular complexity index is 371. The number of nitrogens with one attached hydrogen (secondary N) is 1. The van der Waals surface area contributed by atoms with Gasteiger partial charge >= 0.3 is 0 Å². The van der Waals surface area contributed by atoms with E-state index in [4.69, 9.17) is 5.11 Å². The van der Waals surface area contributed by atoms with Gasteiger partial charge in [0, 0.05) is 12.2 Å². The molecule has 1 amide bonds. The van der Waals surface area contributed by atoms with Gasteiger partial charge in [-0.05, 0) is 24.7 Å². The van der Waals surface area contributed by atoms with Crippen LogP contribution in [0.25, 0.3) is 0 Å². The molecular weight excluding hydrogens is 223 g/mol. The van der Waals surface area contributed by atoms with Gasteiger partial charge in [-0.3, -0.25) is 9.69 Å². The zero-order valence-corrected chi connectivity index (χ0v) is 9.82. The second kappa shape index (κ2) is 6.98. The van der Waals surface area contributed by atoms with Crippen LogP contribution in [-0.4, -0.2) is 42.2 Å². The lowest BCUT2D eigenvalue weighted by Crippen LogP contribution is -2.35. The Hall–Kier alpha value is -1.46. The first-order chi connectivity index (χ1) is 8.15. The van der Waals surface area contributed by atoms with Crippen LogP contribution >= 0.6 is 0 Å². The van der Waals surface area contributed by atoms with Gasteiger partial charge in [-0.2, -0.15) is 0 Å². The summed E-state index contributed by atoms with van der Waals surface area (Å²) in [5.41, 5.74) is 0.440. The maximum atomic E-state index is 12.9. The van der Waals surface area contributed by atoms with Crippen molar-refractivity contribution < 1.29 is 14.3 Å². The molecule has 0 spiro atoms. The van der Waals surface area contributed by atoms with Gasteiger partial charge in [-0.15, -0.1) is 0 Å². The van der Waals surface area contributed by atoms with E-state index in [1.807, 2.05) is 6.92 Å². The van der Waals surface area contributed by atoms with E-state index in [0.717, 1.165) is 0 Å². The Morgan fingerprint density at radius 3 is 2.88 bits per heavy atom. The molecule has 1 aromatic rings. The van der Waals surface area contributed by atoms with Crippen molar-refractivity contribution in [2.45, 2.75) is 6.92 Å². The summed E-state index contributed by atoms with van der Waals surface area (Å²) in [6.07, 6.45) is 0. The largest absolute Gasteiger partial charge is 0.395 e. The van der Waals surface area contributed by atoms with Crippen molar-refractivity contribution in [1.29, 1.82) is 0 Å². The molecule has 94 valence electrons. The molecule has 0 aliphatic carbocycles. The minimum atomic E-state index is -0.384. The number of rotatable bonds is 6. The van der Waals surface area contributed by atoms with Gasteiger partial charge in [0.1, 0.15) is 5.82 Å². The Labute approximate surface area is 100 Å². The molecule has 0 heterocycles. The molecule has 4 nitrogen and oxygen atoms in total. The number of hydrogen-bond acceptors (Lipinski definition) is 3. The van der Waals surface area contributed by atoms with Crippen LogP contribution in [0.5, 0.6) is 0 Å². The molecule has 0 bridgehead atoms. The molecule has 5 heteroatoms. The maximum absolute atomic E-state index is 12.9. The first-order valence-electron chi connectivity index (χ1n) is 5.54. The highest BCUT2D eigenvalue weighted by Gasteiger charge is 2.08. The highest BCUT2D eigenvalue weighted by Crippen LogP contribution is 2.08. The number of anilines is 1. The fourth-order valence-corrected chi connectivity index (χ4v) is 1.46. The van der Waals surface area contributed by atoms with Crippen LogP contribution < -0.4 is 5.32 Å². The van der Waals surface area contributed by atoms with Gasteiger partial charge < -0.3 is 10.4 Å². The predicted octanol–water partition coefficient (Wildman–Crippen LogP) is 1.08. The topological polar surface area (TPSA) is 52.6 Å². The molecule has 0 fully saturated rings. The molecule has 0 aliphatic rings. The molecular formula is C12H17FN2O2. The van der Waals surface area contributed by atoms with E-state index < -0.39 is 0 Å². The molecule has 0 atom stereocenters. The lowest BCUT2D eigenvalue weighted by molar-refractivity contribution is -0.117. The molecule has 2 N–H and O–H groups in total. The number of aliphatic hydroxyl groups excluding tert-OH is 1. The second-order valence-electron chi connectivity index (χ2n) is 3.65. The van der Waals surface area contributed by atoms with Gasteiger partial charge in [0.15, 0.2) is 0 Å². The Balaban J connectivity index is 2.49. The van der Waals surface area contributed by atoms with Crippen molar-refractivity contribution in [2.75, 3.05) is 31.6 Å². The third kappa shape index (κ3) is 4.93. The molecule has 1 aromatic carbocycles. The van der Waals surface area contributed by atoms with E-state index >= 15 is 0 Å². The molecule has 1 rings (SSSR count). The van der Waals surface area contributed by atoms with E-state index in [2.05, 4.69) is 5.32 Å². The van der Waals surface area contributed by atoms with Gasteiger partial charge in [0.25, 0.3) is 0 Å². The van der Waals surface area contributed by atoms with Crippen molar-refractivity contribution in [3.63, 3.8) is 0 Å². The summed E-state index contributed by atoms with van der Waals surface area (Å²) in [4.78, 5) is 13.4. The fraction of sp³-hybridized carbons (Fsp3) is 0.417. The Kier molecular flexibility index (Phi) is 5.59. The zero-order chi connectivity index (χ0) is 12.7. The number of carbonyl (C=O) groups is 1. The molecule has 0 saturated heterocycles. The third-order valence-electron chi connectivity index (χ3n) is 2.34. The number of benzene rings is 1. The summed E-state index contributed by atoms with van der Waals surface area (Å²) in [6, 6.07) is 5.75. The monoisotopic (exact) mass is 240 g/mol. The van der Waals surface area contributed by atoms with Crippen molar-refractivity contribution >= 4 is 11.6 Å². The van der Waals surface area contributed by atoms with Gasteiger partial charge in [-0.1, -0.05) is 13.0 Å². The van der Waals surface area contributed by atoms with Crippen molar-refractivity contribution in [3.05, 3.63) is 30.1 Å². The summed E-state index contributed by atoms with van der Waals surface area (Å²) in [7, 11) is 0. The van der Waals surface area contributed by atoms with Crippen LogP contribution in [0.15, 0.2) is 24.3 Å². The van der Waals surface area contributed by atoms with Crippen molar-refractivity contribution in [1.82, 2.24) is 4.90 Å². The molecule has 17 heavy (non-hydrogen) atoms. The molecule has 0 aliphatic heterocycles. The van der Waals surface area contributed by atoms with E-state index in [0.29, 0.717) is 18.8 Å². The summed E-state index contributed by atoms with van der Waals surface area (Å²) in [6.45, 7) is 3.24. The molecule has 0 aromatic heterocycles. The number of carbonyl (C=O) groups excluding carboxylic acids is 1. The average molecular weight is 240 g/mol. The summed E-state index contributed by atoms with van der Waals surface area (Å²) in [5, 5.41) is 11.4. The Morgan fingerprint density at radius 2 is 2.29 bits per heavy atom. The van der Waals surface area contributed by atoms with Gasteiger partial charge in [-0.25, -0.2) is 4.39 Å². The van der Waals surface area contributed by atoms with Crippen molar-refractivity contribution in [3.8, 4) is 0 Å². The lowest BCUT2D eigenvalue weighted by Gasteiger charge is -2.18. The lowest BCUT2D eigenvalue weighted by atomic mass is 10.3. The van der Waals surface area contributed by atoms with Crippen LogP contribution in [0.4, 0.5) is 10.1 Å². The molecule has 0 unspecified atom stereocenters. The fourth-order valence-electron chi connectivity index (χ4n) is 1.46. The maximum Gasteiger partial charge on any atom is 0.238 e. The van der Waals surface area contributed by atoms with Crippen LogP contribution in [-0.2, 0) is 4.79 Å². The molecule has 0 saturated carbocycles. The van der Waals surface area contributed by atoms with Gasteiger partial charge in [0.05, 0.1) is 13.2 Å². The van der Waals surface area contributed by atoms with Gasteiger partial charge in [0.2, 0.25) is 5.91 Å². The van der Waals surface area contributed by atoms with Crippen molar-refractivity contribution in [2.24, 2.45) is 0 Å². The quantitative estimate of drug-likeness (QED) is 0.782. The second-order valence-corrected chi connectivity index (χ2v) is 3.65. The normalized spacial score (nSPS) is 10.6. The highest BCUT2D eigenvalue weighted by molar-refractivity contribution is 5.92. The van der Waals surface area contributed by atoms with E-state index in [1.165, 1.54) is 18.2 Å². The van der Waals surface area contributed by atoms with Crippen LogP contribution in [0, 0.1) is 5.82 Å². The van der Waals surface area contributed by atoms with E-state index in [-0.39, 0.29) is 24.9 Å². The van der Waals surface area contributed by atoms with Crippen LogP contribution in [0.2, 0.25) is 0 Å². The molecule has 0 radical (unpaired) electrons. The van der Waals surface area contributed by atoms with E-state index in [1.54, 1.807) is 11.0 Å². The van der Waals surface area contributed by atoms with Crippen LogP contribution in [0.1, 0.15) is 6.92 Å². The summed E-state index contributed by atoms with van der Waals surface area (Å²) < 4.78 is 12.9. The average Bonchev–Trinajstić information content (AvgIpc) is 2.28. The zero-order valence-electron chi connectivity index (χ0n) is 9.82. The number of aliphatic hydroxyl groups is 1. The number of halogens is 1. The van der Waals surface area contributed by atoms with E-state index in [9.17, 15) is 9.18 Å². The van der Waals surface area contributed by atoms with Crippen LogP contribution in [0.3, 0.4) is 0 Å². The summed E-state index contributed by atoms with van der Waals surface area (Å²) in [5.74, 6) is -0.601. The number of hydrogen-bond donors (Lipinski definition) is 2.